The van der Waals surface area contributed by atoms with E-state index < -0.39 is 67.3 Å². The number of morpholine rings is 2. The minimum atomic E-state index is -3.77. The normalized spacial score (nSPS) is 17.7. The molecule has 5 aromatic rings. The maximum absolute atomic E-state index is 14.6. The molecule has 2 saturated heterocycles. The highest BCUT2D eigenvalue weighted by Crippen LogP contribution is 2.49. The van der Waals surface area contributed by atoms with Gasteiger partial charge in [-0.3, -0.25) is 32.9 Å². The van der Waals surface area contributed by atoms with Crippen LogP contribution in [0.3, 0.4) is 0 Å². The van der Waals surface area contributed by atoms with Gasteiger partial charge < -0.3 is 44.2 Å². The molecule has 5 atom stereocenters. The smallest absolute Gasteiger partial charge is 0.351 e. The molecular weight excluding hydrogens is 1120 g/mol. The monoisotopic (exact) mass is 1210 g/mol. The number of esters is 2. The third-order valence-electron chi connectivity index (χ3n) is 15.3. The number of unbranched alkanes of at least 4 members (excludes halogenated alkanes) is 15. The maximum atomic E-state index is 14.6. The Morgan fingerprint density at radius 3 is 1.69 bits per heavy atom. The Kier molecular flexibility index (Phi) is 27.2. The van der Waals surface area contributed by atoms with E-state index in [0.29, 0.717) is 17.7 Å². The van der Waals surface area contributed by atoms with Crippen molar-refractivity contribution < 1.29 is 52.0 Å². The second kappa shape index (κ2) is 35.1. The summed E-state index contributed by atoms with van der Waals surface area (Å²) in [6, 6.07) is 23.7. The summed E-state index contributed by atoms with van der Waals surface area (Å²) >= 11 is 0. The molecule has 0 radical (unpaired) electrons. The molecule has 2 fully saturated rings. The quantitative estimate of drug-likeness (QED) is 0.0194. The second-order valence-electron chi connectivity index (χ2n) is 22.2. The highest BCUT2D eigenvalue weighted by molar-refractivity contribution is 7.55. The average molecular weight is 1210 g/mol. The first-order valence-corrected chi connectivity index (χ1v) is 32.6. The second-order valence-corrected chi connectivity index (χ2v) is 24.7. The maximum Gasteiger partial charge on any atom is 0.351 e. The summed E-state index contributed by atoms with van der Waals surface area (Å²) in [5.41, 5.74) is 2.12. The summed E-state index contributed by atoms with van der Waals surface area (Å²) in [6.07, 6.45) is 19.6. The molecule has 2 aliphatic rings. The molecule has 2 aromatic heterocycles. The number of carbonyl (C=O) groups is 4. The van der Waals surface area contributed by atoms with Gasteiger partial charge in [0.25, 0.3) is 19.3 Å². The Hall–Kier alpha value is -6.87. The lowest BCUT2D eigenvalue weighted by Crippen LogP contribution is -2.49. The van der Waals surface area contributed by atoms with Crippen LogP contribution in [-0.2, 0) is 44.2 Å². The lowest BCUT2D eigenvalue weighted by molar-refractivity contribution is -0.161. The first kappa shape index (κ1) is 66.7. The van der Waals surface area contributed by atoms with Gasteiger partial charge in [0.1, 0.15) is 36.7 Å². The SMILES string of the molecule is CCCCCCCCCCCCCCCCCCOc1cc(COC(=O)CCC(=O)OC[C@@H]2CN(P(C)(=O)OC[C@@H]3CNC[C@H](n4ccc(NC(=O)c5ccccc5)nc4=O)O3)C[C@H](n3ccc(NC(=O)c4ccccc4)nc3=O)O2)cc(C)c1C. The van der Waals surface area contributed by atoms with Gasteiger partial charge in [-0.1, -0.05) is 146 Å². The van der Waals surface area contributed by atoms with E-state index in [0.717, 1.165) is 35.3 Å². The Labute approximate surface area is 504 Å². The van der Waals surface area contributed by atoms with Crippen LogP contribution in [0.1, 0.15) is 172 Å². The summed E-state index contributed by atoms with van der Waals surface area (Å²) in [6.45, 7) is 8.10. The third kappa shape index (κ3) is 21.8. The molecule has 466 valence electrons. The van der Waals surface area contributed by atoms with Crippen molar-refractivity contribution in [3.05, 3.63) is 146 Å². The molecule has 22 heteroatoms. The number of hydrogen-bond donors (Lipinski definition) is 3. The van der Waals surface area contributed by atoms with E-state index in [1.165, 1.54) is 135 Å². The molecule has 3 aromatic carbocycles. The van der Waals surface area contributed by atoms with Crippen molar-refractivity contribution >= 4 is 42.9 Å². The zero-order chi connectivity index (χ0) is 61.1. The van der Waals surface area contributed by atoms with Crippen LogP contribution in [0.2, 0.25) is 0 Å². The Bertz CT molecular complexity index is 3130. The highest BCUT2D eigenvalue weighted by Gasteiger charge is 2.39. The van der Waals surface area contributed by atoms with E-state index in [1.54, 1.807) is 60.7 Å². The van der Waals surface area contributed by atoms with Crippen molar-refractivity contribution in [2.45, 2.75) is 168 Å². The molecule has 3 N–H and O–H groups in total. The summed E-state index contributed by atoms with van der Waals surface area (Å²) in [7, 11) is -3.77. The fourth-order valence-electron chi connectivity index (χ4n) is 10.2. The van der Waals surface area contributed by atoms with Crippen LogP contribution in [0.25, 0.3) is 0 Å². The van der Waals surface area contributed by atoms with E-state index in [9.17, 15) is 33.3 Å². The van der Waals surface area contributed by atoms with E-state index in [1.807, 2.05) is 26.0 Å². The number of rotatable bonds is 35. The first-order valence-electron chi connectivity index (χ1n) is 30.6. The van der Waals surface area contributed by atoms with Gasteiger partial charge in [0.2, 0.25) is 0 Å². The van der Waals surface area contributed by atoms with Crippen molar-refractivity contribution in [2.75, 3.05) is 63.3 Å². The lowest BCUT2D eigenvalue weighted by atomic mass is 10.0. The minimum absolute atomic E-state index is 0.00154. The Morgan fingerprint density at radius 2 is 1.14 bits per heavy atom. The number of anilines is 2. The minimum Gasteiger partial charge on any atom is -0.493 e. The van der Waals surface area contributed by atoms with E-state index in [2.05, 4.69) is 32.8 Å². The van der Waals surface area contributed by atoms with Crippen molar-refractivity contribution in [1.82, 2.24) is 29.1 Å². The van der Waals surface area contributed by atoms with Gasteiger partial charge in [0, 0.05) is 49.8 Å². The standard InChI is InChI=1S/C64H87N8O13P/c1-5-6-7-8-9-10-11-12-13-14-15-16-17-18-19-26-37-80-54-39-49(38-47(2)48(54)3)44-81-59(73)31-32-60(74)82-45-53-42-70(43-58(85-53)72-36-34-56(69-64(72)78)67-62(76)51-29-24-21-25-30-51)86(4,79)83-46-52-40-65-41-57(84-52)71-35-33-55(68-63(71)77)66-61(75)50-27-22-20-23-28-50/h20-25,27-30,33-36,38-39,52-53,57-58,65H,5-19,26,31-32,37,40-46H2,1-4H3,(H,66,68,75,77)(H,67,69,76,78)/t52-,53-,57+,58+,86?/m0/s1. The van der Waals surface area contributed by atoms with Crippen LogP contribution in [0.5, 0.6) is 5.75 Å². The number of hydrogen-bond acceptors (Lipinski definition) is 16. The number of aromatic nitrogens is 4. The molecule has 21 nitrogen and oxygen atoms in total. The number of carbonyl (C=O) groups excluding carboxylic acids is 4. The number of amides is 2. The molecule has 7 rings (SSSR count). The molecule has 0 saturated carbocycles. The van der Waals surface area contributed by atoms with Crippen LogP contribution in [0.15, 0.2) is 107 Å². The molecule has 2 aliphatic heterocycles. The van der Waals surface area contributed by atoms with E-state index in [-0.39, 0.29) is 70.5 Å². The number of ether oxygens (including phenoxy) is 5. The topological polar surface area (TPSA) is 250 Å². The summed E-state index contributed by atoms with van der Waals surface area (Å²) in [4.78, 5) is 86.6. The van der Waals surface area contributed by atoms with E-state index in [4.69, 9.17) is 28.2 Å². The number of nitrogens with one attached hydrogen (secondary N) is 3. The van der Waals surface area contributed by atoms with E-state index >= 15 is 0 Å². The fraction of sp³-hybridized carbons (Fsp3) is 0.531. The Morgan fingerprint density at radius 1 is 0.628 bits per heavy atom. The van der Waals surface area contributed by atoms with Crippen LogP contribution < -0.4 is 32.1 Å². The number of aryl methyl sites for hydroxylation is 1. The molecule has 86 heavy (non-hydrogen) atoms. The van der Waals surface area contributed by atoms with Gasteiger partial charge in [0.05, 0.1) is 38.7 Å². The Balaban J connectivity index is 0.872. The lowest BCUT2D eigenvalue weighted by Gasteiger charge is -2.40. The van der Waals surface area contributed by atoms with Crippen LogP contribution in [-0.4, -0.2) is 112 Å². The zero-order valence-corrected chi connectivity index (χ0v) is 51.3. The van der Waals surface area contributed by atoms with Gasteiger partial charge in [-0.05, 0) is 79.4 Å². The average Bonchev–Trinajstić information content (AvgIpc) is 2.16. The van der Waals surface area contributed by atoms with Gasteiger partial charge in [-0.15, -0.1) is 0 Å². The van der Waals surface area contributed by atoms with Gasteiger partial charge in [-0.2, -0.15) is 9.97 Å². The predicted octanol–water partition coefficient (Wildman–Crippen LogP) is 10.9. The number of nitrogens with zero attached hydrogens (tertiary/aromatic N) is 5. The predicted molar refractivity (Wildman–Crippen MR) is 328 cm³/mol. The van der Waals surface area contributed by atoms with Crippen molar-refractivity contribution in [3.63, 3.8) is 0 Å². The summed E-state index contributed by atoms with van der Waals surface area (Å²) in [5, 5.41) is 8.46. The van der Waals surface area contributed by atoms with Gasteiger partial charge in [-0.25, -0.2) is 14.3 Å². The fourth-order valence-corrected chi connectivity index (χ4v) is 11.7. The largest absolute Gasteiger partial charge is 0.493 e. The van der Waals surface area contributed by atoms with Crippen molar-refractivity contribution in [2.24, 2.45) is 0 Å². The molecule has 4 heterocycles. The third-order valence-corrected chi connectivity index (χ3v) is 17.3. The van der Waals surface area contributed by atoms with Crippen molar-refractivity contribution in [1.29, 1.82) is 0 Å². The van der Waals surface area contributed by atoms with Crippen LogP contribution >= 0.6 is 7.52 Å². The molecule has 1 unspecified atom stereocenters. The van der Waals surface area contributed by atoms with Gasteiger partial charge in [0.15, 0.2) is 12.5 Å². The number of benzene rings is 3. The van der Waals surface area contributed by atoms with Crippen LogP contribution in [0.4, 0.5) is 11.6 Å². The summed E-state index contributed by atoms with van der Waals surface area (Å²) < 4.78 is 54.6. The van der Waals surface area contributed by atoms with Crippen LogP contribution in [0, 0.1) is 13.8 Å². The molecular formula is C64H87N8O13P. The van der Waals surface area contributed by atoms with Crippen molar-refractivity contribution in [3.8, 4) is 5.75 Å². The highest BCUT2D eigenvalue weighted by atomic mass is 31.2. The zero-order valence-electron chi connectivity index (χ0n) is 50.4. The van der Waals surface area contributed by atoms with Gasteiger partial charge >= 0.3 is 23.3 Å². The molecule has 2 amide bonds. The first-order chi connectivity index (χ1) is 41.6. The molecule has 0 aliphatic carbocycles. The summed E-state index contributed by atoms with van der Waals surface area (Å²) in [5.74, 6) is -1.38. The molecule has 0 bridgehead atoms. The molecule has 0 spiro atoms.